The number of carbonyl (C=O) groups is 1. The maximum atomic E-state index is 12.5. The molecule has 4 rings (SSSR count). The topological polar surface area (TPSA) is 63.3 Å². The van der Waals surface area contributed by atoms with E-state index in [1.165, 1.54) is 0 Å². The molecule has 1 aromatic carbocycles. The molecule has 6 heteroatoms. The normalized spacial score (nSPS) is 15.7. The molecule has 1 amide bonds. The van der Waals surface area contributed by atoms with E-state index in [0.29, 0.717) is 12.1 Å². The molecule has 0 aliphatic carbocycles. The fraction of sp³-hybridized carbons (Fsp3) is 0.333. The highest BCUT2D eigenvalue weighted by Crippen LogP contribution is 2.15. The first-order valence-corrected chi connectivity index (χ1v) is 9.38. The molecule has 0 atom stereocenters. The van der Waals surface area contributed by atoms with E-state index in [2.05, 4.69) is 27.4 Å². The van der Waals surface area contributed by atoms with Crippen LogP contribution in [0.1, 0.15) is 34.5 Å². The summed E-state index contributed by atoms with van der Waals surface area (Å²) in [5.74, 6) is 0.946. The lowest BCUT2D eigenvalue weighted by Gasteiger charge is -2.31. The van der Waals surface area contributed by atoms with E-state index in [1.54, 1.807) is 17.1 Å². The molecule has 1 fully saturated rings. The Morgan fingerprint density at radius 3 is 2.67 bits per heavy atom. The van der Waals surface area contributed by atoms with E-state index in [9.17, 15) is 4.79 Å². The minimum Gasteiger partial charge on any atom is -0.468 e. The summed E-state index contributed by atoms with van der Waals surface area (Å²) < 4.78 is 7.21. The van der Waals surface area contributed by atoms with Crippen molar-refractivity contribution >= 4 is 5.91 Å². The predicted molar refractivity (Wildman–Crippen MR) is 102 cm³/mol. The van der Waals surface area contributed by atoms with Gasteiger partial charge < -0.3 is 9.73 Å². The van der Waals surface area contributed by atoms with Crippen molar-refractivity contribution in [3.05, 3.63) is 78.0 Å². The molecule has 1 aliphatic rings. The van der Waals surface area contributed by atoms with E-state index in [1.807, 2.05) is 36.5 Å². The van der Waals surface area contributed by atoms with Gasteiger partial charge in [-0.1, -0.05) is 30.3 Å². The van der Waals surface area contributed by atoms with E-state index in [-0.39, 0.29) is 11.9 Å². The highest BCUT2D eigenvalue weighted by atomic mass is 16.3. The Bertz CT molecular complexity index is 849. The molecular weight excluding hydrogens is 340 g/mol. The number of likely N-dealkylation sites (tertiary alicyclic amines) is 1. The molecule has 27 heavy (non-hydrogen) atoms. The Hall–Kier alpha value is -2.86. The van der Waals surface area contributed by atoms with Gasteiger partial charge in [-0.15, -0.1) is 0 Å². The van der Waals surface area contributed by atoms with E-state index in [0.717, 1.165) is 43.8 Å². The molecule has 0 saturated carbocycles. The monoisotopic (exact) mass is 364 g/mol. The van der Waals surface area contributed by atoms with E-state index in [4.69, 9.17) is 4.42 Å². The first kappa shape index (κ1) is 17.5. The molecule has 0 unspecified atom stereocenters. The zero-order chi connectivity index (χ0) is 18.5. The van der Waals surface area contributed by atoms with Crippen LogP contribution in [0, 0.1) is 0 Å². The summed E-state index contributed by atoms with van der Waals surface area (Å²) in [6, 6.07) is 14.2. The SMILES string of the molecule is O=C(NC1CCN(Cc2ccco2)CC1)c1cnn(Cc2ccccc2)c1. The molecule has 0 bridgehead atoms. The molecule has 1 saturated heterocycles. The first-order chi connectivity index (χ1) is 13.3. The van der Waals surface area contributed by atoms with Crippen LogP contribution in [0.4, 0.5) is 0 Å². The largest absolute Gasteiger partial charge is 0.468 e. The molecule has 6 nitrogen and oxygen atoms in total. The standard InChI is InChI=1S/C21H24N4O2/c26-21(18-13-22-25(15-18)14-17-5-2-1-3-6-17)23-19-8-10-24(11-9-19)16-20-7-4-12-27-20/h1-7,12-13,15,19H,8-11,14,16H2,(H,23,26). The van der Waals surface area contributed by atoms with Crippen LogP contribution in [0.15, 0.2) is 65.5 Å². The smallest absolute Gasteiger partial charge is 0.254 e. The van der Waals surface area contributed by atoms with Crippen LogP contribution < -0.4 is 5.32 Å². The first-order valence-electron chi connectivity index (χ1n) is 9.38. The minimum absolute atomic E-state index is 0.0428. The van der Waals surface area contributed by atoms with Crippen LogP contribution >= 0.6 is 0 Å². The van der Waals surface area contributed by atoms with Gasteiger partial charge in [-0.2, -0.15) is 5.10 Å². The summed E-state index contributed by atoms with van der Waals surface area (Å²) in [6.07, 6.45) is 7.06. The Balaban J connectivity index is 1.26. The van der Waals surface area contributed by atoms with Gasteiger partial charge in [0.25, 0.3) is 5.91 Å². The lowest BCUT2D eigenvalue weighted by atomic mass is 10.0. The molecule has 0 radical (unpaired) electrons. The van der Waals surface area contributed by atoms with Crippen LogP contribution in [-0.2, 0) is 13.1 Å². The number of hydrogen-bond donors (Lipinski definition) is 1. The summed E-state index contributed by atoms with van der Waals surface area (Å²) in [4.78, 5) is 14.9. The number of rotatable bonds is 6. The van der Waals surface area contributed by atoms with Gasteiger partial charge in [0.15, 0.2) is 0 Å². The van der Waals surface area contributed by atoms with Gasteiger partial charge in [0.05, 0.1) is 31.1 Å². The number of piperidine rings is 1. The zero-order valence-corrected chi connectivity index (χ0v) is 15.3. The molecule has 1 N–H and O–H groups in total. The van der Waals surface area contributed by atoms with Crippen LogP contribution in [0.5, 0.6) is 0 Å². The van der Waals surface area contributed by atoms with Crippen LogP contribution in [0.2, 0.25) is 0 Å². The summed E-state index contributed by atoms with van der Waals surface area (Å²) in [5.41, 5.74) is 1.78. The van der Waals surface area contributed by atoms with E-state index < -0.39 is 0 Å². The Morgan fingerprint density at radius 2 is 1.93 bits per heavy atom. The highest BCUT2D eigenvalue weighted by Gasteiger charge is 2.22. The Kier molecular flexibility index (Phi) is 5.34. The highest BCUT2D eigenvalue weighted by molar-refractivity contribution is 5.93. The maximum Gasteiger partial charge on any atom is 0.254 e. The number of furan rings is 1. The van der Waals surface area contributed by atoms with Crippen molar-refractivity contribution in [3.63, 3.8) is 0 Å². The van der Waals surface area contributed by atoms with Gasteiger partial charge in [-0.25, -0.2) is 0 Å². The molecule has 140 valence electrons. The number of carbonyl (C=O) groups excluding carboxylic acids is 1. The molecule has 3 aromatic rings. The molecule has 3 heterocycles. The number of amides is 1. The molecule has 0 spiro atoms. The number of nitrogens with one attached hydrogen (secondary N) is 1. The summed E-state index contributed by atoms with van der Waals surface area (Å²) in [7, 11) is 0. The fourth-order valence-corrected chi connectivity index (χ4v) is 3.46. The molecular formula is C21H24N4O2. The van der Waals surface area contributed by atoms with Crippen molar-refractivity contribution in [1.82, 2.24) is 20.0 Å². The lowest BCUT2D eigenvalue weighted by Crippen LogP contribution is -2.44. The number of aromatic nitrogens is 2. The number of hydrogen-bond acceptors (Lipinski definition) is 4. The fourth-order valence-electron chi connectivity index (χ4n) is 3.46. The van der Waals surface area contributed by atoms with E-state index >= 15 is 0 Å². The zero-order valence-electron chi connectivity index (χ0n) is 15.3. The van der Waals surface area contributed by atoms with Gasteiger partial charge >= 0.3 is 0 Å². The van der Waals surface area contributed by atoms with Gasteiger partial charge in [0, 0.05) is 25.3 Å². The molecule has 1 aliphatic heterocycles. The second kappa shape index (κ2) is 8.22. The van der Waals surface area contributed by atoms with Crippen molar-refractivity contribution in [1.29, 1.82) is 0 Å². The third-order valence-electron chi connectivity index (χ3n) is 4.97. The average Bonchev–Trinajstić information content (AvgIpc) is 3.36. The quantitative estimate of drug-likeness (QED) is 0.730. The number of nitrogens with zero attached hydrogens (tertiary/aromatic N) is 3. The third kappa shape index (κ3) is 4.65. The second-order valence-electron chi connectivity index (χ2n) is 7.02. The van der Waals surface area contributed by atoms with Gasteiger partial charge in [0.1, 0.15) is 5.76 Å². The van der Waals surface area contributed by atoms with Crippen molar-refractivity contribution in [2.75, 3.05) is 13.1 Å². The Morgan fingerprint density at radius 1 is 1.11 bits per heavy atom. The second-order valence-corrected chi connectivity index (χ2v) is 7.02. The van der Waals surface area contributed by atoms with Crippen LogP contribution in [-0.4, -0.2) is 39.7 Å². The molecule has 2 aromatic heterocycles. The van der Waals surface area contributed by atoms with Gasteiger partial charge in [-0.05, 0) is 30.5 Å². The third-order valence-corrected chi connectivity index (χ3v) is 4.97. The lowest BCUT2D eigenvalue weighted by molar-refractivity contribution is 0.0906. The van der Waals surface area contributed by atoms with Crippen LogP contribution in [0.3, 0.4) is 0 Å². The summed E-state index contributed by atoms with van der Waals surface area (Å²) >= 11 is 0. The average molecular weight is 364 g/mol. The predicted octanol–water partition coefficient (Wildman–Crippen LogP) is 2.92. The van der Waals surface area contributed by atoms with Crippen molar-refractivity contribution in [2.24, 2.45) is 0 Å². The number of benzene rings is 1. The van der Waals surface area contributed by atoms with Gasteiger partial charge in [0.2, 0.25) is 0 Å². The summed E-state index contributed by atoms with van der Waals surface area (Å²) in [6.45, 7) is 3.41. The summed E-state index contributed by atoms with van der Waals surface area (Å²) in [5, 5.41) is 7.47. The van der Waals surface area contributed by atoms with Crippen LogP contribution in [0.25, 0.3) is 0 Å². The Labute approximate surface area is 158 Å². The maximum absolute atomic E-state index is 12.5. The van der Waals surface area contributed by atoms with Crippen molar-refractivity contribution < 1.29 is 9.21 Å². The van der Waals surface area contributed by atoms with Crippen molar-refractivity contribution in [2.45, 2.75) is 32.0 Å². The van der Waals surface area contributed by atoms with Crippen molar-refractivity contribution in [3.8, 4) is 0 Å². The minimum atomic E-state index is -0.0428. The van der Waals surface area contributed by atoms with Gasteiger partial charge in [-0.3, -0.25) is 14.4 Å².